The summed E-state index contributed by atoms with van der Waals surface area (Å²) in [5.74, 6) is 0.0959. The quantitative estimate of drug-likeness (QED) is 0.864. The first-order valence-electron chi connectivity index (χ1n) is 6.30. The van der Waals surface area contributed by atoms with Gasteiger partial charge >= 0.3 is 0 Å². The van der Waals surface area contributed by atoms with E-state index in [1.807, 2.05) is 13.0 Å². The molecule has 0 aliphatic carbocycles. The highest BCUT2D eigenvalue weighted by atomic mass is 19.2. The van der Waals surface area contributed by atoms with Crippen LogP contribution >= 0.6 is 0 Å². The molecule has 1 heterocycles. The zero-order valence-electron chi connectivity index (χ0n) is 11.7. The Bertz CT molecular complexity index is 741. The van der Waals surface area contributed by atoms with E-state index in [4.69, 9.17) is 6.42 Å². The van der Waals surface area contributed by atoms with Gasteiger partial charge in [-0.3, -0.25) is 4.79 Å². The average Bonchev–Trinajstić information content (AvgIpc) is 2.69. The molecule has 0 radical (unpaired) electrons. The fourth-order valence-corrected chi connectivity index (χ4v) is 2.21. The number of aromatic nitrogens is 1. The number of benzene rings is 1. The van der Waals surface area contributed by atoms with Gasteiger partial charge in [0, 0.05) is 17.4 Å². The second-order valence-electron chi connectivity index (χ2n) is 4.69. The van der Waals surface area contributed by atoms with Crippen LogP contribution in [0.4, 0.5) is 14.5 Å². The Morgan fingerprint density at radius 3 is 2.62 bits per heavy atom. The van der Waals surface area contributed by atoms with Gasteiger partial charge in [0.05, 0.1) is 6.54 Å². The molecule has 1 aromatic carbocycles. The summed E-state index contributed by atoms with van der Waals surface area (Å²) in [5.41, 5.74) is 2.23. The highest BCUT2D eigenvalue weighted by Gasteiger charge is 2.17. The highest BCUT2D eigenvalue weighted by molar-refractivity contribution is 6.04. The third kappa shape index (κ3) is 2.95. The number of terminal acetylenes is 1. The molecule has 108 valence electrons. The summed E-state index contributed by atoms with van der Waals surface area (Å²) in [4.78, 5) is 12.3. The Kier molecular flexibility index (Phi) is 4.08. The third-order valence-electron chi connectivity index (χ3n) is 3.14. The van der Waals surface area contributed by atoms with Gasteiger partial charge in [-0.05, 0) is 37.6 Å². The average molecular weight is 288 g/mol. The van der Waals surface area contributed by atoms with E-state index in [1.54, 1.807) is 11.5 Å². The number of nitrogens with zero attached hydrogens (tertiary/aromatic N) is 1. The van der Waals surface area contributed by atoms with E-state index in [0.717, 1.165) is 23.4 Å². The van der Waals surface area contributed by atoms with Crippen molar-refractivity contribution in [3.8, 4) is 12.3 Å². The summed E-state index contributed by atoms with van der Waals surface area (Å²) in [6, 6.07) is 5.04. The zero-order valence-corrected chi connectivity index (χ0v) is 11.7. The van der Waals surface area contributed by atoms with Gasteiger partial charge in [0.2, 0.25) is 0 Å². The number of anilines is 1. The molecule has 0 aliphatic heterocycles. The van der Waals surface area contributed by atoms with Gasteiger partial charge in [0.15, 0.2) is 11.6 Å². The highest BCUT2D eigenvalue weighted by Crippen LogP contribution is 2.18. The van der Waals surface area contributed by atoms with Crippen molar-refractivity contribution < 1.29 is 13.6 Å². The van der Waals surface area contributed by atoms with Crippen molar-refractivity contribution >= 4 is 11.6 Å². The lowest BCUT2D eigenvalue weighted by atomic mass is 10.2. The lowest BCUT2D eigenvalue weighted by Gasteiger charge is -2.10. The molecule has 0 atom stereocenters. The fourth-order valence-electron chi connectivity index (χ4n) is 2.21. The number of aryl methyl sites for hydroxylation is 2. The molecule has 0 saturated heterocycles. The molecule has 0 fully saturated rings. The molecule has 0 aliphatic rings. The molecule has 0 spiro atoms. The maximum Gasteiger partial charge on any atom is 0.272 e. The van der Waals surface area contributed by atoms with Crippen LogP contribution in [-0.4, -0.2) is 10.5 Å². The minimum Gasteiger partial charge on any atom is -0.329 e. The molecule has 1 N–H and O–H groups in total. The van der Waals surface area contributed by atoms with E-state index < -0.39 is 17.5 Å². The second kappa shape index (κ2) is 5.80. The van der Waals surface area contributed by atoms with Gasteiger partial charge in [-0.25, -0.2) is 8.78 Å². The summed E-state index contributed by atoms with van der Waals surface area (Å²) in [5, 5.41) is 2.54. The molecule has 0 saturated carbocycles. The fraction of sp³-hybridized carbons (Fsp3) is 0.188. The molecule has 21 heavy (non-hydrogen) atoms. The van der Waals surface area contributed by atoms with Crippen molar-refractivity contribution in [2.24, 2.45) is 0 Å². The van der Waals surface area contributed by atoms with Crippen LogP contribution in [0.25, 0.3) is 0 Å². The van der Waals surface area contributed by atoms with Crippen molar-refractivity contribution in [3.63, 3.8) is 0 Å². The van der Waals surface area contributed by atoms with E-state index in [0.29, 0.717) is 5.69 Å². The molecule has 0 unspecified atom stereocenters. The number of rotatable bonds is 3. The van der Waals surface area contributed by atoms with E-state index in [-0.39, 0.29) is 12.2 Å². The van der Waals surface area contributed by atoms with Gasteiger partial charge < -0.3 is 9.88 Å². The van der Waals surface area contributed by atoms with Gasteiger partial charge in [-0.15, -0.1) is 6.42 Å². The normalized spacial score (nSPS) is 10.2. The lowest BCUT2D eigenvalue weighted by Crippen LogP contribution is -2.18. The topological polar surface area (TPSA) is 34.0 Å². The van der Waals surface area contributed by atoms with E-state index in [2.05, 4.69) is 11.2 Å². The SMILES string of the molecule is C#CCn1c(C)cc(C)c1C(=O)Nc1ccc(F)c(F)c1. The molecule has 2 aromatic rings. The monoisotopic (exact) mass is 288 g/mol. The molecule has 0 bridgehead atoms. The van der Waals surface area contributed by atoms with Crippen molar-refractivity contribution in [2.45, 2.75) is 20.4 Å². The first-order chi connectivity index (χ1) is 9.93. The molecule has 2 rings (SSSR count). The first-order valence-corrected chi connectivity index (χ1v) is 6.30. The predicted octanol–water partition coefficient (Wildman–Crippen LogP) is 3.27. The van der Waals surface area contributed by atoms with Crippen LogP contribution in [0.15, 0.2) is 24.3 Å². The number of carbonyl (C=O) groups excluding carboxylic acids is 1. The summed E-state index contributed by atoms with van der Waals surface area (Å²) < 4.78 is 27.7. The summed E-state index contributed by atoms with van der Waals surface area (Å²) in [7, 11) is 0. The van der Waals surface area contributed by atoms with Crippen LogP contribution in [0.3, 0.4) is 0 Å². The second-order valence-corrected chi connectivity index (χ2v) is 4.69. The maximum atomic E-state index is 13.2. The Morgan fingerprint density at radius 1 is 1.29 bits per heavy atom. The minimum atomic E-state index is -1.01. The van der Waals surface area contributed by atoms with E-state index in [1.165, 1.54) is 6.07 Å². The van der Waals surface area contributed by atoms with Crippen molar-refractivity contribution in [3.05, 3.63) is 52.9 Å². The molecule has 5 heteroatoms. The van der Waals surface area contributed by atoms with Crippen LogP contribution in [0.5, 0.6) is 0 Å². The number of amides is 1. The van der Waals surface area contributed by atoms with Crippen molar-refractivity contribution in [1.29, 1.82) is 0 Å². The van der Waals surface area contributed by atoms with Gasteiger partial charge in [0.25, 0.3) is 5.91 Å². The zero-order chi connectivity index (χ0) is 15.6. The molecule has 3 nitrogen and oxygen atoms in total. The van der Waals surface area contributed by atoms with Gasteiger partial charge in [0.1, 0.15) is 5.69 Å². The number of hydrogen-bond donors (Lipinski definition) is 1. The number of halogens is 2. The Labute approximate surface area is 121 Å². The van der Waals surface area contributed by atoms with Gasteiger partial charge in [-0.1, -0.05) is 5.92 Å². The number of nitrogens with one attached hydrogen (secondary N) is 1. The van der Waals surface area contributed by atoms with Crippen LogP contribution in [0, 0.1) is 37.8 Å². The first kappa shape index (κ1) is 14.8. The molecule has 1 aromatic heterocycles. The Hall–Kier alpha value is -2.61. The largest absolute Gasteiger partial charge is 0.329 e. The van der Waals surface area contributed by atoms with Crippen molar-refractivity contribution in [2.75, 3.05) is 5.32 Å². The van der Waals surface area contributed by atoms with Gasteiger partial charge in [-0.2, -0.15) is 0 Å². The van der Waals surface area contributed by atoms with Crippen LogP contribution in [0.1, 0.15) is 21.7 Å². The predicted molar refractivity (Wildman–Crippen MR) is 77.1 cm³/mol. The van der Waals surface area contributed by atoms with Crippen LogP contribution < -0.4 is 5.32 Å². The van der Waals surface area contributed by atoms with Crippen LogP contribution in [0.2, 0.25) is 0 Å². The summed E-state index contributed by atoms with van der Waals surface area (Å²) in [6.07, 6.45) is 5.30. The summed E-state index contributed by atoms with van der Waals surface area (Å²) >= 11 is 0. The molecular formula is C16H14F2N2O. The van der Waals surface area contributed by atoms with E-state index >= 15 is 0 Å². The molecular weight excluding hydrogens is 274 g/mol. The summed E-state index contributed by atoms with van der Waals surface area (Å²) in [6.45, 7) is 3.90. The standard InChI is InChI=1S/C16H14F2N2O/c1-4-7-20-11(3)8-10(2)15(20)16(21)19-12-5-6-13(17)14(18)9-12/h1,5-6,8-9H,7H2,2-3H3,(H,19,21). The Balaban J connectivity index is 2.32. The van der Waals surface area contributed by atoms with Crippen LogP contribution in [-0.2, 0) is 6.54 Å². The number of hydrogen-bond acceptors (Lipinski definition) is 1. The number of carbonyl (C=O) groups is 1. The third-order valence-corrected chi connectivity index (χ3v) is 3.14. The van der Waals surface area contributed by atoms with Crippen molar-refractivity contribution in [1.82, 2.24) is 4.57 Å². The lowest BCUT2D eigenvalue weighted by molar-refractivity contribution is 0.101. The molecule has 1 amide bonds. The van der Waals surface area contributed by atoms with E-state index in [9.17, 15) is 13.6 Å². The maximum absolute atomic E-state index is 13.2. The smallest absolute Gasteiger partial charge is 0.272 e. The minimum absolute atomic E-state index is 0.185. The Morgan fingerprint density at radius 2 is 2.00 bits per heavy atom.